The van der Waals surface area contributed by atoms with E-state index in [1.54, 1.807) is 0 Å². The fourth-order valence-corrected chi connectivity index (χ4v) is 11.4. The van der Waals surface area contributed by atoms with Gasteiger partial charge in [-0.05, 0) is 109 Å². The number of aliphatic hydroxyl groups is 1. The summed E-state index contributed by atoms with van der Waals surface area (Å²) in [6, 6.07) is 0. The Balaban J connectivity index is 5.30. The fraction of sp³-hybridized carbons (Fsp3) is 0.808. The molecule has 0 aromatic rings. The third-order valence-electron chi connectivity index (χ3n) is 15.5. The number of carbonyl (C=O) groups is 4. The molecule has 0 saturated carbocycles. The Morgan fingerprint density at radius 3 is 0.870 bits per heavy atom. The molecule has 3 N–H and O–H groups in total. The Morgan fingerprint density at radius 2 is 0.543 bits per heavy atom. The summed E-state index contributed by atoms with van der Waals surface area (Å²) in [7, 11) is -9.93. The summed E-state index contributed by atoms with van der Waals surface area (Å²) in [5.41, 5.74) is 0. The number of hydrogen-bond donors (Lipinski definition) is 3. The number of unbranched alkanes of at least 4 members (excludes halogenated alkanes) is 33. The minimum atomic E-state index is -4.97. The SMILES string of the molecule is CCCC/C=C\CCCCCCCC(=O)OC(COC(=O)CCCCCCC/C=C\C/C=C\CCCCC)COP(=O)(O)OCC(O)COP(=O)(O)OCC(COC(=O)CCCCCCC/C=C\C/C=C\CCCCC)OC(=O)CCCCCCCCCCCCC. The van der Waals surface area contributed by atoms with Crippen LogP contribution in [0.2, 0.25) is 0 Å². The summed E-state index contributed by atoms with van der Waals surface area (Å²) in [6.07, 6.45) is 62.3. The zero-order valence-electron chi connectivity index (χ0n) is 58.2. The fourth-order valence-electron chi connectivity index (χ4n) is 9.79. The van der Waals surface area contributed by atoms with Crippen LogP contribution in [0.25, 0.3) is 0 Å². The first-order valence-electron chi connectivity index (χ1n) is 36.5. The molecule has 0 bridgehead atoms. The topological polar surface area (TPSA) is 237 Å². The highest BCUT2D eigenvalue weighted by Crippen LogP contribution is 2.45. The summed E-state index contributed by atoms with van der Waals surface area (Å²) < 4.78 is 68.2. The van der Waals surface area contributed by atoms with Crippen LogP contribution in [-0.2, 0) is 65.4 Å². The van der Waals surface area contributed by atoms with Crippen LogP contribution in [0.1, 0.15) is 323 Å². The Kier molecular flexibility index (Phi) is 64.0. The normalized spacial score (nSPS) is 14.4. The Hall–Kier alpha value is -3.24. The molecular formula is C73H132O17P2. The van der Waals surface area contributed by atoms with Gasteiger partial charge in [-0.25, -0.2) is 9.13 Å². The van der Waals surface area contributed by atoms with Crippen LogP contribution >= 0.6 is 15.6 Å². The van der Waals surface area contributed by atoms with Crippen molar-refractivity contribution in [3.8, 4) is 0 Å². The van der Waals surface area contributed by atoms with Crippen molar-refractivity contribution in [2.24, 2.45) is 0 Å². The van der Waals surface area contributed by atoms with Gasteiger partial charge in [0, 0.05) is 25.7 Å². The summed E-state index contributed by atoms with van der Waals surface area (Å²) >= 11 is 0. The molecule has 0 aliphatic rings. The molecule has 19 heteroatoms. The first-order chi connectivity index (χ1) is 44.7. The highest BCUT2D eigenvalue weighted by molar-refractivity contribution is 7.47. The first-order valence-corrected chi connectivity index (χ1v) is 39.5. The molecule has 0 rings (SSSR count). The van der Waals surface area contributed by atoms with E-state index in [4.69, 9.17) is 37.0 Å². The molecule has 0 aliphatic heterocycles. The highest BCUT2D eigenvalue weighted by atomic mass is 31.2. The number of aliphatic hydroxyl groups excluding tert-OH is 1. The predicted octanol–water partition coefficient (Wildman–Crippen LogP) is 20.3. The number of esters is 4. The smallest absolute Gasteiger partial charge is 0.462 e. The van der Waals surface area contributed by atoms with Gasteiger partial charge in [-0.3, -0.25) is 37.3 Å². The zero-order valence-corrected chi connectivity index (χ0v) is 60.0. The van der Waals surface area contributed by atoms with Crippen LogP contribution in [0.5, 0.6) is 0 Å². The molecule has 5 atom stereocenters. The Bertz CT molecular complexity index is 1990. The van der Waals surface area contributed by atoms with Crippen molar-refractivity contribution in [2.45, 2.75) is 341 Å². The quantitative estimate of drug-likeness (QED) is 0.0169. The minimum Gasteiger partial charge on any atom is -0.462 e. The van der Waals surface area contributed by atoms with Crippen molar-refractivity contribution < 1.29 is 80.2 Å². The monoisotopic (exact) mass is 1340 g/mol. The van der Waals surface area contributed by atoms with Gasteiger partial charge in [0.05, 0.1) is 26.4 Å². The molecule has 0 spiro atoms. The molecule has 0 amide bonds. The number of allylic oxidation sites excluding steroid dienone is 10. The van der Waals surface area contributed by atoms with E-state index in [9.17, 15) is 43.2 Å². The molecule has 0 aliphatic carbocycles. The molecule has 0 aromatic carbocycles. The number of phosphoric ester groups is 2. The molecule has 0 saturated heterocycles. The molecule has 5 unspecified atom stereocenters. The van der Waals surface area contributed by atoms with Crippen LogP contribution in [-0.4, -0.2) is 96.7 Å². The van der Waals surface area contributed by atoms with Crippen LogP contribution in [0, 0.1) is 0 Å². The van der Waals surface area contributed by atoms with Gasteiger partial charge in [0.2, 0.25) is 0 Å². The third kappa shape index (κ3) is 65.4. The van der Waals surface area contributed by atoms with E-state index in [2.05, 4.69) is 88.5 Å². The summed E-state index contributed by atoms with van der Waals surface area (Å²) in [4.78, 5) is 72.6. The summed E-state index contributed by atoms with van der Waals surface area (Å²) in [5.74, 6) is -2.19. The van der Waals surface area contributed by atoms with Crippen molar-refractivity contribution in [3.05, 3.63) is 60.8 Å². The van der Waals surface area contributed by atoms with Crippen LogP contribution in [0.4, 0.5) is 0 Å². The summed E-state index contributed by atoms with van der Waals surface area (Å²) in [6.45, 7) is 4.76. The van der Waals surface area contributed by atoms with E-state index in [0.717, 1.165) is 154 Å². The maximum absolute atomic E-state index is 13.0. The number of phosphoric acid groups is 2. The van der Waals surface area contributed by atoms with E-state index in [0.29, 0.717) is 25.7 Å². The minimum absolute atomic E-state index is 0.0845. The second-order valence-electron chi connectivity index (χ2n) is 24.5. The molecular weight excluding hydrogens is 1210 g/mol. The average Bonchev–Trinajstić information content (AvgIpc) is 2.46. The third-order valence-corrected chi connectivity index (χ3v) is 17.4. The molecule has 17 nitrogen and oxygen atoms in total. The van der Waals surface area contributed by atoms with Gasteiger partial charge < -0.3 is 33.8 Å². The van der Waals surface area contributed by atoms with E-state index >= 15 is 0 Å². The Labute approximate surface area is 559 Å². The van der Waals surface area contributed by atoms with Gasteiger partial charge in [-0.15, -0.1) is 0 Å². The van der Waals surface area contributed by atoms with Gasteiger partial charge in [0.1, 0.15) is 19.3 Å². The largest absolute Gasteiger partial charge is 0.472 e. The van der Waals surface area contributed by atoms with Crippen molar-refractivity contribution in [2.75, 3.05) is 39.6 Å². The predicted molar refractivity (Wildman–Crippen MR) is 372 cm³/mol. The molecule has 0 aromatic heterocycles. The second-order valence-corrected chi connectivity index (χ2v) is 27.4. The van der Waals surface area contributed by atoms with E-state index in [1.165, 1.54) is 89.9 Å². The maximum atomic E-state index is 13.0. The number of hydrogen-bond acceptors (Lipinski definition) is 15. The van der Waals surface area contributed by atoms with E-state index < -0.39 is 97.5 Å². The van der Waals surface area contributed by atoms with Crippen molar-refractivity contribution in [3.63, 3.8) is 0 Å². The summed E-state index contributed by atoms with van der Waals surface area (Å²) in [5, 5.41) is 10.6. The van der Waals surface area contributed by atoms with Gasteiger partial charge in [0.15, 0.2) is 12.2 Å². The lowest BCUT2D eigenvalue weighted by molar-refractivity contribution is -0.161. The van der Waals surface area contributed by atoms with Crippen LogP contribution in [0.3, 0.4) is 0 Å². The molecule has 0 heterocycles. The molecule has 92 heavy (non-hydrogen) atoms. The number of carbonyl (C=O) groups excluding carboxylic acids is 4. The second kappa shape index (κ2) is 66.4. The van der Waals surface area contributed by atoms with E-state index in [-0.39, 0.29) is 25.7 Å². The van der Waals surface area contributed by atoms with Crippen molar-refractivity contribution >= 4 is 39.5 Å². The van der Waals surface area contributed by atoms with Crippen molar-refractivity contribution in [1.82, 2.24) is 0 Å². The molecule has 536 valence electrons. The lowest BCUT2D eigenvalue weighted by Crippen LogP contribution is -2.30. The molecule has 0 radical (unpaired) electrons. The number of rotatable bonds is 69. The highest BCUT2D eigenvalue weighted by Gasteiger charge is 2.30. The van der Waals surface area contributed by atoms with Gasteiger partial charge in [0.25, 0.3) is 0 Å². The van der Waals surface area contributed by atoms with E-state index in [1.807, 2.05) is 0 Å². The Morgan fingerprint density at radius 1 is 0.304 bits per heavy atom. The van der Waals surface area contributed by atoms with Gasteiger partial charge in [-0.1, -0.05) is 249 Å². The lowest BCUT2D eigenvalue weighted by Gasteiger charge is -2.21. The standard InChI is InChI=1S/C73H132O17P2/c1-5-9-13-17-21-25-29-31-33-35-39-41-45-49-53-57-70(75)83-63-68(89-72(77)59-55-51-47-43-37-27-23-19-15-11-7-3)65-87-91(79,80)85-61-67(74)62-86-92(81,82)88-66-69(90-73(78)60-56-52-48-44-38-28-24-20-16-12-8-4)64-84-71(76)58-54-50-46-42-40-36-34-32-30-26-22-18-14-10-6-2/h19,21-23,25-26,31-34,67-69,74H,5-18,20,24,27-30,35-66H2,1-4H3,(H,79,80)(H,81,82)/b23-19-,25-21-,26-22-,33-31-,34-32-. The van der Waals surface area contributed by atoms with Crippen molar-refractivity contribution in [1.29, 1.82) is 0 Å². The lowest BCUT2D eigenvalue weighted by atomic mass is 10.1. The maximum Gasteiger partial charge on any atom is 0.472 e. The average molecular weight is 1340 g/mol. The van der Waals surface area contributed by atoms with Gasteiger partial charge in [-0.2, -0.15) is 0 Å². The number of ether oxygens (including phenoxy) is 4. The van der Waals surface area contributed by atoms with Gasteiger partial charge >= 0.3 is 39.5 Å². The zero-order chi connectivity index (χ0) is 67.5. The first kappa shape index (κ1) is 88.8. The van der Waals surface area contributed by atoms with Crippen LogP contribution < -0.4 is 0 Å². The van der Waals surface area contributed by atoms with Crippen LogP contribution in [0.15, 0.2) is 60.8 Å². The molecule has 0 fully saturated rings.